The van der Waals surface area contributed by atoms with Gasteiger partial charge in [0, 0.05) is 44.4 Å². The van der Waals surface area contributed by atoms with Crippen LogP contribution in [0.3, 0.4) is 0 Å². The smallest absolute Gasteiger partial charge is 0.410 e. The number of hydrogen-bond donors (Lipinski definition) is 4. The summed E-state index contributed by atoms with van der Waals surface area (Å²) in [5.41, 5.74) is -2.64. The molecule has 0 saturated carbocycles. The minimum atomic E-state index is -1.49. The molecule has 1 amide bonds. The van der Waals surface area contributed by atoms with Gasteiger partial charge in [-0.3, -0.25) is 4.79 Å². The predicted octanol–water partition coefficient (Wildman–Crippen LogP) is 4.23. The van der Waals surface area contributed by atoms with Crippen molar-refractivity contribution in [3.63, 3.8) is 0 Å². The largest absolute Gasteiger partial charge is 0.457 e. The van der Waals surface area contributed by atoms with Crippen molar-refractivity contribution >= 4 is 12.1 Å². The average Bonchev–Trinajstić information content (AvgIpc) is 3.80. The maximum atomic E-state index is 13.4. The van der Waals surface area contributed by atoms with Gasteiger partial charge < -0.3 is 44.4 Å². The summed E-state index contributed by atoms with van der Waals surface area (Å²) in [6, 6.07) is 0. The minimum absolute atomic E-state index is 0.0322. The van der Waals surface area contributed by atoms with Crippen LogP contribution in [0.15, 0.2) is 36.5 Å². The summed E-state index contributed by atoms with van der Waals surface area (Å²) in [6.07, 6.45) is 7.42. The van der Waals surface area contributed by atoms with Gasteiger partial charge in [0.2, 0.25) is 0 Å². The van der Waals surface area contributed by atoms with Gasteiger partial charge in [0.25, 0.3) is 0 Å². The lowest BCUT2D eigenvalue weighted by molar-refractivity contribution is -0.151. The highest BCUT2D eigenvalue weighted by Crippen LogP contribution is 2.38. The molecule has 0 aromatic carbocycles. The Kier molecular flexibility index (Phi) is 15.4. The number of carbonyl (C=O) groups excluding carboxylic acids is 2. The normalized spacial score (nSPS) is 34.2. The van der Waals surface area contributed by atoms with Crippen molar-refractivity contribution in [1.29, 1.82) is 0 Å². The number of epoxide rings is 1. The maximum Gasteiger partial charge on any atom is 0.410 e. The first-order valence-electron chi connectivity index (χ1n) is 18.3. The van der Waals surface area contributed by atoms with Crippen molar-refractivity contribution < 1.29 is 44.2 Å². The van der Waals surface area contributed by atoms with Crippen LogP contribution in [0.4, 0.5) is 4.79 Å². The molecule has 3 aliphatic heterocycles. The molecule has 11 nitrogen and oxygen atoms in total. The second kappa shape index (κ2) is 18.3. The molecule has 4 N–H and O–H groups in total. The Bertz CT molecular complexity index is 1150. The number of ether oxygens (including phenoxy) is 3. The van der Waals surface area contributed by atoms with Crippen LogP contribution in [-0.2, 0) is 19.0 Å². The zero-order valence-electron chi connectivity index (χ0n) is 31.0. The van der Waals surface area contributed by atoms with Crippen molar-refractivity contribution in [3.05, 3.63) is 36.5 Å². The molecule has 0 aliphatic carbocycles. The average molecular weight is 693 g/mol. The highest BCUT2D eigenvalue weighted by atomic mass is 16.6. The number of rotatable bonds is 11. The van der Waals surface area contributed by atoms with Crippen LogP contribution in [-0.4, -0.2) is 123 Å². The van der Waals surface area contributed by atoms with E-state index < -0.39 is 47.7 Å². The van der Waals surface area contributed by atoms with Crippen LogP contribution in [0.25, 0.3) is 0 Å². The van der Waals surface area contributed by atoms with Crippen molar-refractivity contribution in [2.45, 2.75) is 135 Å². The van der Waals surface area contributed by atoms with Crippen LogP contribution >= 0.6 is 0 Å². The Morgan fingerprint density at radius 1 is 1.14 bits per heavy atom. The fourth-order valence-electron chi connectivity index (χ4n) is 6.71. The third kappa shape index (κ3) is 13.4. The zero-order chi connectivity index (χ0) is 36.5. The topological polar surface area (TPSA) is 153 Å². The SMILES string of the molecule is CC(C)CN1CCCN(C(=O)OC2/C=C\C(C)C(/C=C/C=C/C(C)(O)CC3OC3C(C)C(O)C(C)C)OC(=O)CC(O)CCC2(C)O)CC1. The Labute approximate surface area is 294 Å². The zero-order valence-corrected chi connectivity index (χ0v) is 31.0. The number of esters is 1. The van der Waals surface area contributed by atoms with E-state index in [9.17, 15) is 30.0 Å². The lowest BCUT2D eigenvalue weighted by Crippen LogP contribution is -2.45. The number of nitrogens with zero attached hydrogens (tertiary/aromatic N) is 2. The van der Waals surface area contributed by atoms with E-state index in [0.717, 1.165) is 26.1 Å². The second-order valence-electron chi connectivity index (χ2n) is 15.8. The van der Waals surface area contributed by atoms with Crippen molar-refractivity contribution in [2.75, 3.05) is 32.7 Å². The van der Waals surface area contributed by atoms with E-state index in [-0.39, 0.29) is 49.2 Å². The molecule has 10 atom stereocenters. The van der Waals surface area contributed by atoms with Crippen molar-refractivity contribution in [1.82, 2.24) is 9.80 Å². The number of allylic oxidation sites excluding steroid dienone is 2. The third-order valence-electron chi connectivity index (χ3n) is 9.92. The van der Waals surface area contributed by atoms with Gasteiger partial charge in [-0.15, -0.1) is 0 Å². The molecular weight excluding hydrogens is 628 g/mol. The van der Waals surface area contributed by atoms with E-state index in [1.54, 1.807) is 55.2 Å². The van der Waals surface area contributed by atoms with Crippen molar-refractivity contribution in [2.24, 2.45) is 23.7 Å². The first-order valence-corrected chi connectivity index (χ1v) is 18.3. The Balaban J connectivity index is 1.69. The summed E-state index contributed by atoms with van der Waals surface area (Å²) in [5, 5.41) is 43.4. The number of amides is 1. The summed E-state index contributed by atoms with van der Waals surface area (Å²) in [4.78, 5) is 30.2. The third-order valence-corrected chi connectivity index (χ3v) is 9.92. The molecule has 0 bridgehead atoms. The predicted molar refractivity (Wildman–Crippen MR) is 189 cm³/mol. The van der Waals surface area contributed by atoms with Crippen LogP contribution in [0, 0.1) is 23.7 Å². The molecule has 0 spiro atoms. The molecule has 3 rings (SSSR count). The molecule has 0 radical (unpaired) electrons. The highest BCUT2D eigenvalue weighted by molar-refractivity contribution is 5.70. The van der Waals surface area contributed by atoms with E-state index in [4.69, 9.17) is 14.2 Å². The summed E-state index contributed by atoms with van der Waals surface area (Å²) in [7, 11) is 0. The number of hydrogen-bond acceptors (Lipinski definition) is 10. The molecule has 2 fully saturated rings. The molecule has 49 heavy (non-hydrogen) atoms. The molecule has 10 unspecified atom stereocenters. The van der Waals surface area contributed by atoms with Gasteiger partial charge in [0.1, 0.15) is 11.7 Å². The highest BCUT2D eigenvalue weighted by Gasteiger charge is 2.48. The van der Waals surface area contributed by atoms with E-state index in [2.05, 4.69) is 18.7 Å². The molecule has 11 heteroatoms. The van der Waals surface area contributed by atoms with Crippen LogP contribution in [0.2, 0.25) is 0 Å². The summed E-state index contributed by atoms with van der Waals surface area (Å²) in [6.45, 7) is 19.1. The minimum Gasteiger partial charge on any atom is -0.457 e. The monoisotopic (exact) mass is 692 g/mol. The van der Waals surface area contributed by atoms with Gasteiger partial charge in [0.15, 0.2) is 6.10 Å². The van der Waals surface area contributed by atoms with Gasteiger partial charge in [-0.25, -0.2) is 4.79 Å². The van der Waals surface area contributed by atoms with Crippen LogP contribution < -0.4 is 0 Å². The van der Waals surface area contributed by atoms with Crippen molar-refractivity contribution in [3.8, 4) is 0 Å². The van der Waals surface area contributed by atoms with E-state index in [1.165, 1.54) is 0 Å². The Morgan fingerprint density at radius 3 is 2.53 bits per heavy atom. The molecule has 0 aromatic rings. The molecule has 2 saturated heterocycles. The molecule has 0 aromatic heterocycles. The summed E-state index contributed by atoms with van der Waals surface area (Å²) < 4.78 is 17.5. The lowest BCUT2D eigenvalue weighted by atomic mass is 9.88. The van der Waals surface area contributed by atoms with E-state index in [0.29, 0.717) is 25.4 Å². The molecular formula is C38H64N2O9. The fourth-order valence-corrected chi connectivity index (χ4v) is 6.71. The quantitative estimate of drug-likeness (QED) is 0.107. The Hall–Kier alpha value is -2.28. The van der Waals surface area contributed by atoms with Gasteiger partial charge in [-0.05, 0) is 63.6 Å². The Morgan fingerprint density at radius 2 is 1.86 bits per heavy atom. The van der Waals surface area contributed by atoms with E-state index >= 15 is 0 Å². The summed E-state index contributed by atoms with van der Waals surface area (Å²) >= 11 is 0. The van der Waals surface area contributed by atoms with Gasteiger partial charge in [0.05, 0.1) is 36.4 Å². The standard InChI is InChI=1S/C38H64N2O9/c1-25(2)24-39-18-11-19-40(21-20-39)36(44)49-32-14-13-27(5)30(47-33(42)22-29(41)15-17-38(32,8)46)12-9-10-16-37(7,45)23-31-35(48-31)28(6)34(43)26(3)4/h9-10,12-14,16,25-32,34-35,41,43,45-46H,11,15,17-24H2,1-8H3/b12-9+,14-13-,16-10+. The first kappa shape index (κ1) is 41.1. The van der Waals surface area contributed by atoms with E-state index in [1.807, 2.05) is 27.7 Å². The number of cyclic esters (lactones) is 1. The van der Waals surface area contributed by atoms with Gasteiger partial charge >= 0.3 is 12.1 Å². The summed E-state index contributed by atoms with van der Waals surface area (Å²) in [5.74, 6) is -0.319. The van der Waals surface area contributed by atoms with Crippen LogP contribution in [0.1, 0.15) is 87.5 Å². The number of carbonyl (C=O) groups is 2. The molecule has 280 valence electrons. The second-order valence-corrected chi connectivity index (χ2v) is 15.8. The lowest BCUT2D eigenvalue weighted by Gasteiger charge is -2.34. The number of aliphatic hydroxyl groups excluding tert-OH is 2. The maximum absolute atomic E-state index is 13.4. The van der Waals surface area contributed by atoms with Gasteiger partial charge in [-0.2, -0.15) is 0 Å². The number of aliphatic hydroxyl groups is 4. The fraction of sp³-hybridized carbons (Fsp3) is 0.789. The first-order chi connectivity index (χ1) is 22.9. The van der Waals surface area contributed by atoms with Gasteiger partial charge in [-0.1, -0.05) is 65.8 Å². The van der Waals surface area contributed by atoms with Crippen LogP contribution in [0.5, 0.6) is 0 Å². The molecule has 3 heterocycles. The molecule has 3 aliphatic rings.